The highest BCUT2D eigenvalue weighted by Crippen LogP contribution is 2.38. The minimum atomic E-state index is -0.514. The maximum atomic E-state index is 12.1. The SMILES string of the molecule is C=CC(=C)C1N(C2CCCCC2)C(=O)OC1(C)C. The van der Waals surface area contributed by atoms with Gasteiger partial charge in [-0.15, -0.1) is 0 Å². The molecule has 1 atom stereocenters. The fourth-order valence-electron chi connectivity index (χ4n) is 3.23. The molecular weight excluding hydrogens is 226 g/mol. The number of hydrogen-bond donors (Lipinski definition) is 0. The summed E-state index contributed by atoms with van der Waals surface area (Å²) < 4.78 is 5.53. The lowest BCUT2D eigenvalue weighted by Crippen LogP contribution is -2.48. The summed E-state index contributed by atoms with van der Waals surface area (Å²) in [5.74, 6) is 0. The van der Waals surface area contributed by atoms with E-state index in [4.69, 9.17) is 4.74 Å². The Morgan fingerprint density at radius 3 is 2.56 bits per heavy atom. The fourth-order valence-corrected chi connectivity index (χ4v) is 3.23. The number of cyclic esters (lactones) is 1. The molecule has 0 N–H and O–H groups in total. The third-order valence-corrected chi connectivity index (χ3v) is 4.08. The number of rotatable bonds is 3. The van der Waals surface area contributed by atoms with E-state index >= 15 is 0 Å². The number of amides is 1. The number of hydrogen-bond acceptors (Lipinski definition) is 2. The summed E-state index contributed by atoms with van der Waals surface area (Å²) in [5.41, 5.74) is 0.358. The first-order valence-electron chi connectivity index (χ1n) is 6.80. The van der Waals surface area contributed by atoms with Crippen LogP contribution in [0.1, 0.15) is 46.0 Å². The molecule has 0 radical (unpaired) electrons. The lowest BCUT2D eigenvalue weighted by atomic mass is 9.88. The topological polar surface area (TPSA) is 29.5 Å². The Labute approximate surface area is 109 Å². The highest BCUT2D eigenvalue weighted by atomic mass is 16.6. The molecule has 0 bridgehead atoms. The average Bonchev–Trinajstić information content (AvgIpc) is 2.58. The molecule has 2 rings (SSSR count). The molecule has 0 aromatic carbocycles. The minimum Gasteiger partial charge on any atom is -0.441 e. The van der Waals surface area contributed by atoms with Gasteiger partial charge in [-0.05, 0) is 32.3 Å². The van der Waals surface area contributed by atoms with Crippen LogP contribution in [-0.4, -0.2) is 28.7 Å². The molecule has 1 amide bonds. The second-order valence-electron chi connectivity index (χ2n) is 5.85. The van der Waals surface area contributed by atoms with Crippen molar-refractivity contribution in [3.63, 3.8) is 0 Å². The van der Waals surface area contributed by atoms with E-state index < -0.39 is 5.60 Å². The zero-order valence-electron chi connectivity index (χ0n) is 11.4. The van der Waals surface area contributed by atoms with Gasteiger partial charge in [0.1, 0.15) is 5.60 Å². The van der Waals surface area contributed by atoms with Crippen molar-refractivity contribution in [2.75, 3.05) is 0 Å². The Morgan fingerprint density at radius 1 is 1.39 bits per heavy atom. The van der Waals surface area contributed by atoms with Crippen molar-refractivity contribution >= 4 is 6.09 Å². The lowest BCUT2D eigenvalue weighted by molar-refractivity contribution is 0.0752. The second-order valence-corrected chi connectivity index (χ2v) is 5.85. The fraction of sp³-hybridized carbons (Fsp3) is 0.667. The molecule has 0 aromatic heterocycles. The van der Waals surface area contributed by atoms with Gasteiger partial charge in [-0.1, -0.05) is 38.5 Å². The van der Waals surface area contributed by atoms with E-state index in [1.54, 1.807) is 6.08 Å². The molecule has 1 aliphatic carbocycles. The second kappa shape index (κ2) is 4.79. The molecule has 100 valence electrons. The van der Waals surface area contributed by atoms with Crippen LogP contribution in [0.2, 0.25) is 0 Å². The smallest absolute Gasteiger partial charge is 0.411 e. The van der Waals surface area contributed by atoms with Crippen LogP contribution in [-0.2, 0) is 4.74 Å². The van der Waals surface area contributed by atoms with E-state index in [1.807, 2.05) is 18.7 Å². The first-order valence-corrected chi connectivity index (χ1v) is 6.80. The zero-order valence-corrected chi connectivity index (χ0v) is 11.4. The van der Waals surface area contributed by atoms with Gasteiger partial charge in [-0.3, -0.25) is 4.90 Å². The van der Waals surface area contributed by atoms with Crippen molar-refractivity contribution in [3.8, 4) is 0 Å². The van der Waals surface area contributed by atoms with E-state index in [0.717, 1.165) is 18.4 Å². The highest BCUT2D eigenvalue weighted by molar-refractivity contribution is 5.73. The van der Waals surface area contributed by atoms with E-state index in [0.29, 0.717) is 6.04 Å². The average molecular weight is 249 g/mol. The maximum Gasteiger partial charge on any atom is 0.411 e. The van der Waals surface area contributed by atoms with Gasteiger partial charge in [-0.25, -0.2) is 4.79 Å². The number of ether oxygens (including phenoxy) is 1. The van der Waals surface area contributed by atoms with Gasteiger partial charge in [0, 0.05) is 6.04 Å². The van der Waals surface area contributed by atoms with Crippen LogP contribution >= 0.6 is 0 Å². The van der Waals surface area contributed by atoms with Gasteiger partial charge >= 0.3 is 6.09 Å². The van der Waals surface area contributed by atoms with Crippen LogP contribution in [0.4, 0.5) is 4.79 Å². The summed E-state index contributed by atoms with van der Waals surface area (Å²) in [6, 6.07) is 0.223. The Bertz CT molecular complexity index is 367. The van der Waals surface area contributed by atoms with Crippen LogP contribution in [0, 0.1) is 0 Å². The van der Waals surface area contributed by atoms with E-state index in [1.165, 1.54) is 19.3 Å². The van der Waals surface area contributed by atoms with Crippen LogP contribution in [0.15, 0.2) is 24.8 Å². The predicted octanol–water partition coefficient (Wildman–Crippen LogP) is 3.66. The van der Waals surface area contributed by atoms with E-state index in [-0.39, 0.29) is 12.1 Å². The molecular formula is C15H23NO2. The van der Waals surface area contributed by atoms with Crippen LogP contribution in [0.25, 0.3) is 0 Å². The summed E-state index contributed by atoms with van der Waals surface area (Å²) in [6.07, 6.45) is 7.36. The first-order chi connectivity index (χ1) is 8.47. The van der Waals surface area contributed by atoms with Gasteiger partial charge < -0.3 is 4.74 Å². The van der Waals surface area contributed by atoms with Gasteiger partial charge in [0.25, 0.3) is 0 Å². The molecule has 2 aliphatic rings. The Kier molecular flexibility index (Phi) is 3.51. The highest BCUT2D eigenvalue weighted by Gasteiger charge is 2.50. The maximum absolute atomic E-state index is 12.1. The summed E-state index contributed by atoms with van der Waals surface area (Å²) in [6.45, 7) is 11.7. The molecule has 1 unspecified atom stereocenters. The molecule has 0 spiro atoms. The molecule has 1 heterocycles. The van der Waals surface area contributed by atoms with Gasteiger partial charge in [0.15, 0.2) is 0 Å². The quantitative estimate of drug-likeness (QED) is 0.714. The van der Waals surface area contributed by atoms with Crippen molar-refractivity contribution in [1.29, 1.82) is 0 Å². The third-order valence-electron chi connectivity index (χ3n) is 4.08. The molecule has 3 heteroatoms. The molecule has 2 fully saturated rings. The normalized spacial score (nSPS) is 28.0. The van der Waals surface area contributed by atoms with Crippen molar-refractivity contribution in [1.82, 2.24) is 4.90 Å². The van der Waals surface area contributed by atoms with E-state index in [2.05, 4.69) is 13.2 Å². The van der Waals surface area contributed by atoms with Crippen molar-refractivity contribution in [2.24, 2.45) is 0 Å². The number of nitrogens with zero attached hydrogens (tertiary/aromatic N) is 1. The van der Waals surface area contributed by atoms with Crippen LogP contribution in [0.3, 0.4) is 0 Å². The molecule has 3 nitrogen and oxygen atoms in total. The monoisotopic (exact) mass is 249 g/mol. The molecule has 18 heavy (non-hydrogen) atoms. The minimum absolute atomic E-state index is 0.0781. The van der Waals surface area contributed by atoms with Crippen molar-refractivity contribution in [3.05, 3.63) is 24.8 Å². The summed E-state index contributed by atoms with van der Waals surface area (Å²) >= 11 is 0. The Hall–Kier alpha value is -1.25. The predicted molar refractivity (Wildman–Crippen MR) is 72.4 cm³/mol. The standard InChI is InChI=1S/C15H23NO2/c1-5-11(2)13-15(3,4)18-14(17)16(13)12-9-7-6-8-10-12/h5,12-13H,1-2,6-10H2,3-4H3. The van der Waals surface area contributed by atoms with Gasteiger partial charge in [-0.2, -0.15) is 0 Å². The van der Waals surface area contributed by atoms with Gasteiger partial charge in [0.2, 0.25) is 0 Å². The molecule has 1 saturated heterocycles. The van der Waals surface area contributed by atoms with Crippen molar-refractivity contribution < 1.29 is 9.53 Å². The Balaban J connectivity index is 2.27. The summed E-state index contributed by atoms with van der Waals surface area (Å²) in [5, 5.41) is 0. The Morgan fingerprint density at radius 2 is 2.00 bits per heavy atom. The zero-order chi connectivity index (χ0) is 13.3. The summed E-state index contributed by atoms with van der Waals surface area (Å²) in [4.78, 5) is 14.1. The van der Waals surface area contributed by atoms with Crippen LogP contribution < -0.4 is 0 Å². The largest absolute Gasteiger partial charge is 0.441 e. The molecule has 1 saturated carbocycles. The first kappa shape index (κ1) is 13.2. The summed E-state index contributed by atoms with van der Waals surface area (Å²) in [7, 11) is 0. The lowest BCUT2D eigenvalue weighted by Gasteiger charge is -2.36. The molecule has 0 aromatic rings. The van der Waals surface area contributed by atoms with E-state index in [9.17, 15) is 4.79 Å². The molecule has 1 aliphatic heterocycles. The number of carbonyl (C=O) groups excluding carboxylic acids is 1. The third kappa shape index (κ3) is 2.18. The van der Waals surface area contributed by atoms with Crippen molar-refractivity contribution in [2.45, 2.75) is 63.6 Å². The van der Waals surface area contributed by atoms with Gasteiger partial charge in [0.05, 0.1) is 6.04 Å². The van der Waals surface area contributed by atoms with Crippen LogP contribution in [0.5, 0.6) is 0 Å². The number of carbonyl (C=O) groups is 1.